The molecule has 2 aromatic rings. The average molecular weight is 348 g/mol. The van der Waals surface area contributed by atoms with Gasteiger partial charge in [0.2, 0.25) is 0 Å². The molecule has 0 atom stereocenters. The molecule has 1 N–H and O–H groups in total. The molecule has 0 spiro atoms. The molecular weight excluding hydrogens is 324 g/mol. The molecule has 1 aliphatic heterocycles. The van der Waals surface area contributed by atoms with Gasteiger partial charge in [0.1, 0.15) is 0 Å². The van der Waals surface area contributed by atoms with Crippen molar-refractivity contribution < 1.29 is 4.79 Å². The van der Waals surface area contributed by atoms with Crippen molar-refractivity contribution in [2.75, 3.05) is 31.1 Å². The third-order valence-electron chi connectivity index (χ3n) is 5.76. The van der Waals surface area contributed by atoms with Crippen LogP contribution in [-0.2, 0) is 6.42 Å². The molecule has 134 valence electrons. The molecule has 5 rings (SSSR count). The average Bonchev–Trinajstić information content (AvgIpc) is 3.44. The lowest BCUT2D eigenvalue weighted by molar-refractivity contribution is 0.0746. The van der Waals surface area contributed by atoms with Crippen LogP contribution in [0.4, 0.5) is 5.82 Å². The highest BCUT2D eigenvalue weighted by Crippen LogP contribution is 2.39. The van der Waals surface area contributed by atoms with E-state index in [1.54, 1.807) is 0 Å². The number of anilines is 1. The largest absolute Gasteiger partial charge is 0.352 e. The van der Waals surface area contributed by atoms with Gasteiger partial charge in [0.25, 0.3) is 5.91 Å². The van der Waals surface area contributed by atoms with Gasteiger partial charge in [-0.2, -0.15) is 5.10 Å². The van der Waals surface area contributed by atoms with Gasteiger partial charge in [0.15, 0.2) is 5.82 Å². The van der Waals surface area contributed by atoms with E-state index in [1.165, 1.54) is 29.7 Å². The molecule has 0 bridgehead atoms. The number of nitrogens with one attached hydrogen (secondary N) is 1. The highest BCUT2D eigenvalue weighted by molar-refractivity contribution is 5.95. The number of aromatic amines is 1. The summed E-state index contributed by atoms with van der Waals surface area (Å²) in [6.07, 6.45) is 9.01. The Hall–Kier alpha value is -2.56. The lowest BCUT2D eigenvalue weighted by atomic mass is 9.95. The summed E-state index contributed by atoms with van der Waals surface area (Å²) in [6.45, 7) is 3.19. The number of aryl methyl sites for hydroxylation is 1. The SMILES string of the molecule is O=C(c1ccc2c(c1)CCC=C2)N1CCN(c2cc(C3CC3)[nH]n2)CC1. The molecule has 2 heterocycles. The summed E-state index contributed by atoms with van der Waals surface area (Å²) < 4.78 is 0. The topological polar surface area (TPSA) is 52.2 Å². The van der Waals surface area contributed by atoms with Crippen LogP contribution >= 0.6 is 0 Å². The molecule has 3 aliphatic rings. The summed E-state index contributed by atoms with van der Waals surface area (Å²) in [5, 5.41) is 7.64. The molecule has 1 saturated carbocycles. The molecule has 5 nitrogen and oxygen atoms in total. The van der Waals surface area contributed by atoms with Gasteiger partial charge >= 0.3 is 0 Å². The van der Waals surface area contributed by atoms with Crippen LogP contribution in [0.2, 0.25) is 0 Å². The maximum absolute atomic E-state index is 12.9. The summed E-state index contributed by atoms with van der Waals surface area (Å²) >= 11 is 0. The smallest absolute Gasteiger partial charge is 0.253 e. The Morgan fingerprint density at radius 3 is 2.77 bits per heavy atom. The van der Waals surface area contributed by atoms with Crippen LogP contribution in [0.5, 0.6) is 0 Å². The number of carbonyl (C=O) groups excluding carboxylic acids is 1. The molecule has 26 heavy (non-hydrogen) atoms. The van der Waals surface area contributed by atoms with Crippen LogP contribution in [0.1, 0.15) is 52.4 Å². The second-order valence-electron chi connectivity index (χ2n) is 7.59. The van der Waals surface area contributed by atoms with E-state index < -0.39 is 0 Å². The van der Waals surface area contributed by atoms with Crippen LogP contribution in [0.15, 0.2) is 30.3 Å². The maximum Gasteiger partial charge on any atom is 0.253 e. The van der Waals surface area contributed by atoms with E-state index in [9.17, 15) is 4.79 Å². The Balaban J connectivity index is 1.24. The van der Waals surface area contributed by atoms with Gasteiger partial charge in [-0.05, 0) is 48.9 Å². The summed E-state index contributed by atoms with van der Waals surface area (Å²) in [6, 6.07) is 8.33. The van der Waals surface area contributed by atoms with Gasteiger partial charge in [0, 0.05) is 49.4 Å². The van der Waals surface area contributed by atoms with Crippen LogP contribution in [-0.4, -0.2) is 47.2 Å². The van der Waals surface area contributed by atoms with Crippen LogP contribution < -0.4 is 4.90 Å². The van der Waals surface area contributed by atoms with Crippen molar-refractivity contribution in [1.29, 1.82) is 0 Å². The normalized spacial score (nSPS) is 19.5. The minimum Gasteiger partial charge on any atom is -0.352 e. The molecule has 1 aromatic carbocycles. The maximum atomic E-state index is 12.9. The van der Waals surface area contributed by atoms with Crippen molar-refractivity contribution in [3.8, 4) is 0 Å². The molecule has 1 amide bonds. The second-order valence-corrected chi connectivity index (χ2v) is 7.59. The summed E-state index contributed by atoms with van der Waals surface area (Å²) in [4.78, 5) is 17.2. The molecule has 1 saturated heterocycles. The monoisotopic (exact) mass is 348 g/mol. The summed E-state index contributed by atoms with van der Waals surface area (Å²) in [5.74, 6) is 1.88. The second kappa shape index (κ2) is 6.31. The third-order valence-corrected chi connectivity index (χ3v) is 5.76. The molecule has 0 radical (unpaired) electrons. The van der Waals surface area contributed by atoms with Gasteiger partial charge in [-0.15, -0.1) is 0 Å². The number of nitrogens with zero attached hydrogens (tertiary/aromatic N) is 3. The summed E-state index contributed by atoms with van der Waals surface area (Å²) in [5.41, 5.74) is 4.63. The number of piperazine rings is 1. The Labute approximate surface area is 153 Å². The zero-order chi connectivity index (χ0) is 17.5. The molecule has 0 unspecified atom stereocenters. The zero-order valence-electron chi connectivity index (χ0n) is 14.9. The number of H-pyrrole nitrogens is 1. The Kier molecular flexibility index (Phi) is 3.80. The number of rotatable bonds is 3. The first-order valence-electron chi connectivity index (χ1n) is 9.67. The van der Waals surface area contributed by atoms with Crippen molar-refractivity contribution in [3.05, 3.63) is 52.7 Å². The van der Waals surface area contributed by atoms with Crippen molar-refractivity contribution in [2.24, 2.45) is 0 Å². The number of fused-ring (bicyclic) bond motifs is 1. The van der Waals surface area contributed by atoms with Gasteiger partial charge < -0.3 is 9.80 Å². The fourth-order valence-electron chi connectivity index (χ4n) is 3.98. The van der Waals surface area contributed by atoms with Crippen molar-refractivity contribution in [3.63, 3.8) is 0 Å². The zero-order valence-corrected chi connectivity index (χ0v) is 14.9. The Bertz CT molecular complexity index is 857. The Morgan fingerprint density at radius 2 is 1.96 bits per heavy atom. The number of allylic oxidation sites excluding steroid dienone is 1. The van der Waals surface area contributed by atoms with Crippen LogP contribution in [0.25, 0.3) is 6.08 Å². The summed E-state index contributed by atoms with van der Waals surface area (Å²) in [7, 11) is 0. The molecule has 2 fully saturated rings. The van der Waals surface area contributed by atoms with Crippen LogP contribution in [0.3, 0.4) is 0 Å². The first-order chi connectivity index (χ1) is 12.8. The highest BCUT2D eigenvalue weighted by atomic mass is 16.2. The first kappa shape index (κ1) is 15.7. The number of hydrogen-bond donors (Lipinski definition) is 1. The van der Waals surface area contributed by atoms with E-state index in [2.05, 4.69) is 45.4 Å². The van der Waals surface area contributed by atoms with E-state index >= 15 is 0 Å². The molecular formula is C21H24N4O. The van der Waals surface area contributed by atoms with E-state index in [-0.39, 0.29) is 5.91 Å². The van der Waals surface area contributed by atoms with Gasteiger partial charge in [-0.1, -0.05) is 18.2 Å². The molecule has 2 aliphatic carbocycles. The number of hydrogen-bond acceptors (Lipinski definition) is 3. The quantitative estimate of drug-likeness (QED) is 0.927. The number of aromatic nitrogens is 2. The molecule has 5 heteroatoms. The van der Waals surface area contributed by atoms with Crippen molar-refractivity contribution in [2.45, 2.75) is 31.6 Å². The first-order valence-corrected chi connectivity index (χ1v) is 9.67. The molecule has 1 aromatic heterocycles. The number of carbonyl (C=O) groups is 1. The van der Waals surface area contributed by atoms with E-state index in [1.807, 2.05) is 11.0 Å². The van der Waals surface area contributed by atoms with Crippen LogP contribution in [0, 0.1) is 0 Å². The highest BCUT2D eigenvalue weighted by Gasteiger charge is 2.28. The lowest BCUT2D eigenvalue weighted by Gasteiger charge is -2.35. The van der Waals surface area contributed by atoms with E-state index in [0.29, 0.717) is 5.92 Å². The fraction of sp³-hybridized carbons (Fsp3) is 0.429. The predicted molar refractivity (Wildman–Crippen MR) is 102 cm³/mol. The number of benzene rings is 1. The fourth-order valence-corrected chi connectivity index (χ4v) is 3.98. The van der Waals surface area contributed by atoms with Gasteiger partial charge in [0.05, 0.1) is 0 Å². The lowest BCUT2D eigenvalue weighted by Crippen LogP contribution is -2.49. The van der Waals surface area contributed by atoms with Crippen molar-refractivity contribution in [1.82, 2.24) is 15.1 Å². The predicted octanol–water partition coefficient (Wildman–Crippen LogP) is 3.21. The third kappa shape index (κ3) is 2.91. The van der Waals surface area contributed by atoms with E-state index in [0.717, 1.165) is 50.4 Å². The number of amides is 1. The minimum atomic E-state index is 0.155. The van der Waals surface area contributed by atoms with Gasteiger partial charge in [-0.25, -0.2) is 0 Å². The van der Waals surface area contributed by atoms with E-state index in [4.69, 9.17) is 0 Å². The standard InChI is InChI=1S/C21H24N4O/c26-21(18-8-5-15-3-1-2-4-17(15)13-18)25-11-9-24(10-12-25)20-14-19(22-23-20)16-6-7-16/h1,3,5,8,13-14,16H,2,4,6-7,9-12H2,(H,22,23). The van der Waals surface area contributed by atoms with Crippen molar-refractivity contribution >= 4 is 17.8 Å². The minimum absolute atomic E-state index is 0.155. The van der Waals surface area contributed by atoms with Gasteiger partial charge in [-0.3, -0.25) is 9.89 Å². The Morgan fingerprint density at radius 1 is 1.12 bits per heavy atom.